The molecule has 1 aromatic heterocycles. The molecule has 5 nitrogen and oxygen atoms in total. The molecule has 0 radical (unpaired) electrons. The largest absolute Gasteiger partial charge is 0.503 e. The van der Waals surface area contributed by atoms with Gasteiger partial charge in [0, 0.05) is 24.3 Å². The van der Waals surface area contributed by atoms with Gasteiger partial charge in [0.25, 0.3) is 0 Å². The molecule has 2 rings (SSSR count). The van der Waals surface area contributed by atoms with Crippen LogP contribution in [0.4, 0.5) is 0 Å². The van der Waals surface area contributed by atoms with Gasteiger partial charge in [-0.3, -0.25) is 9.69 Å². The Balaban J connectivity index is 2.42. The molecule has 124 valence electrons. The van der Waals surface area contributed by atoms with E-state index in [0.29, 0.717) is 17.9 Å². The minimum absolute atomic E-state index is 0.135. The summed E-state index contributed by atoms with van der Waals surface area (Å²) in [5.74, 6) is -0.165. The third kappa shape index (κ3) is 3.70. The maximum Gasteiger partial charge on any atom is 0.223 e. The average Bonchev–Trinajstić information content (AvgIpc) is 2.79. The first kappa shape index (κ1) is 17.0. The molecule has 2 N–H and O–H groups in total. The second kappa shape index (κ2) is 7.79. The first-order valence-corrected chi connectivity index (χ1v) is 8.38. The highest BCUT2D eigenvalue weighted by molar-refractivity contribution is 5.30. The lowest BCUT2D eigenvalue weighted by Gasteiger charge is -2.27. The number of aliphatic hydroxyl groups is 1. The van der Waals surface area contributed by atoms with Crippen LogP contribution in [0.3, 0.4) is 0 Å². The Morgan fingerprint density at radius 3 is 2.41 bits per heavy atom. The van der Waals surface area contributed by atoms with E-state index in [1.165, 1.54) is 18.9 Å². The Kier molecular flexibility index (Phi) is 6.03. The number of pyridine rings is 1. The first-order chi connectivity index (χ1) is 10.6. The van der Waals surface area contributed by atoms with Crippen molar-refractivity contribution >= 4 is 0 Å². The number of aliphatic hydroxyl groups excluding tert-OH is 1. The van der Waals surface area contributed by atoms with E-state index < -0.39 is 5.43 Å². The fourth-order valence-electron chi connectivity index (χ4n) is 3.23. The van der Waals surface area contributed by atoms with Crippen molar-refractivity contribution in [2.45, 2.75) is 65.1 Å². The molecule has 1 aromatic rings. The summed E-state index contributed by atoms with van der Waals surface area (Å²) in [6.07, 6.45) is 5.69. The second-order valence-electron chi connectivity index (χ2n) is 6.27. The lowest BCUT2D eigenvalue weighted by atomic mass is 10.1. The Morgan fingerprint density at radius 1 is 1.23 bits per heavy atom. The van der Waals surface area contributed by atoms with Crippen molar-refractivity contribution in [3.63, 3.8) is 0 Å². The van der Waals surface area contributed by atoms with Crippen molar-refractivity contribution in [1.82, 2.24) is 9.47 Å². The zero-order valence-electron chi connectivity index (χ0n) is 13.7. The van der Waals surface area contributed by atoms with E-state index in [1.807, 2.05) is 4.57 Å². The molecule has 1 saturated heterocycles. The van der Waals surface area contributed by atoms with Gasteiger partial charge in [0.15, 0.2) is 5.75 Å². The summed E-state index contributed by atoms with van der Waals surface area (Å²) in [5, 5.41) is 19.9. The van der Waals surface area contributed by atoms with Crippen LogP contribution in [0.2, 0.25) is 0 Å². The zero-order valence-corrected chi connectivity index (χ0v) is 13.7. The van der Waals surface area contributed by atoms with Gasteiger partial charge in [-0.2, -0.15) is 0 Å². The van der Waals surface area contributed by atoms with Crippen molar-refractivity contribution < 1.29 is 10.2 Å². The van der Waals surface area contributed by atoms with Crippen LogP contribution in [0.5, 0.6) is 5.75 Å². The quantitative estimate of drug-likeness (QED) is 0.876. The van der Waals surface area contributed by atoms with Gasteiger partial charge in [0.2, 0.25) is 5.43 Å². The standard InChI is InChI=1S/C17H28N2O3/c1-3-13(2)19-14(12-20)10-16(21)17(22)15(19)11-18-8-6-4-5-7-9-18/h10,13,20,22H,3-9,11-12H2,1-2H3. The van der Waals surface area contributed by atoms with Crippen molar-refractivity contribution in [3.8, 4) is 5.75 Å². The molecule has 2 heterocycles. The van der Waals surface area contributed by atoms with E-state index in [2.05, 4.69) is 18.7 Å². The summed E-state index contributed by atoms with van der Waals surface area (Å²) in [5.41, 5.74) is 0.836. The third-order valence-electron chi connectivity index (χ3n) is 4.67. The molecule has 0 bridgehead atoms. The van der Waals surface area contributed by atoms with Crippen LogP contribution in [-0.4, -0.2) is 32.8 Å². The molecule has 5 heteroatoms. The highest BCUT2D eigenvalue weighted by Gasteiger charge is 2.20. The van der Waals surface area contributed by atoms with Crippen LogP contribution in [0, 0.1) is 0 Å². The molecule has 1 unspecified atom stereocenters. The van der Waals surface area contributed by atoms with Crippen molar-refractivity contribution in [2.24, 2.45) is 0 Å². The molecule has 1 atom stereocenters. The van der Waals surface area contributed by atoms with Gasteiger partial charge in [-0.25, -0.2) is 0 Å². The predicted molar refractivity (Wildman–Crippen MR) is 87.0 cm³/mol. The Morgan fingerprint density at radius 2 is 1.86 bits per heavy atom. The Labute approximate surface area is 132 Å². The molecule has 0 aliphatic carbocycles. The summed E-state index contributed by atoms with van der Waals surface area (Å²) in [6, 6.07) is 1.49. The fraction of sp³-hybridized carbons (Fsp3) is 0.706. The zero-order chi connectivity index (χ0) is 16.1. The summed E-state index contributed by atoms with van der Waals surface area (Å²) in [6.45, 7) is 6.49. The molecule has 22 heavy (non-hydrogen) atoms. The molecule has 0 aromatic carbocycles. The van der Waals surface area contributed by atoms with Crippen LogP contribution in [-0.2, 0) is 13.2 Å². The third-order valence-corrected chi connectivity index (χ3v) is 4.67. The van der Waals surface area contributed by atoms with Crippen LogP contribution >= 0.6 is 0 Å². The molecule has 1 fully saturated rings. The Hall–Kier alpha value is -1.33. The van der Waals surface area contributed by atoms with Crippen LogP contribution < -0.4 is 5.43 Å². The van der Waals surface area contributed by atoms with Gasteiger partial charge in [-0.1, -0.05) is 19.8 Å². The molecule has 0 amide bonds. The number of aromatic nitrogens is 1. The van der Waals surface area contributed by atoms with Crippen molar-refractivity contribution in [2.75, 3.05) is 13.1 Å². The maximum absolute atomic E-state index is 12.0. The highest BCUT2D eigenvalue weighted by Crippen LogP contribution is 2.24. The number of nitrogens with zero attached hydrogens (tertiary/aromatic N) is 2. The summed E-state index contributed by atoms with van der Waals surface area (Å²) >= 11 is 0. The van der Waals surface area contributed by atoms with E-state index in [-0.39, 0.29) is 18.4 Å². The summed E-state index contributed by atoms with van der Waals surface area (Å²) < 4.78 is 1.95. The van der Waals surface area contributed by atoms with Crippen LogP contribution in [0.1, 0.15) is 63.4 Å². The monoisotopic (exact) mass is 308 g/mol. The van der Waals surface area contributed by atoms with Gasteiger partial charge < -0.3 is 14.8 Å². The fourth-order valence-corrected chi connectivity index (χ4v) is 3.23. The average molecular weight is 308 g/mol. The number of hydrogen-bond donors (Lipinski definition) is 2. The molecular weight excluding hydrogens is 280 g/mol. The van der Waals surface area contributed by atoms with Gasteiger partial charge in [0.1, 0.15) is 0 Å². The van der Waals surface area contributed by atoms with Gasteiger partial charge in [-0.05, 0) is 39.3 Å². The molecular formula is C17H28N2O3. The summed E-state index contributed by atoms with van der Waals surface area (Å²) in [7, 11) is 0. The molecule has 0 saturated carbocycles. The highest BCUT2D eigenvalue weighted by atomic mass is 16.3. The molecule has 1 aliphatic rings. The Bertz CT molecular complexity index is 546. The topological polar surface area (TPSA) is 65.7 Å². The van der Waals surface area contributed by atoms with E-state index in [9.17, 15) is 15.0 Å². The van der Waals surface area contributed by atoms with Gasteiger partial charge >= 0.3 is 0 Å². The lowest BCUT2D eigenvalue weighted by Crippen LogP contribution is -2.29. The first-order valence-electron chi connectivity index (χ1n) is 8.38. The number of rotatable bonds is 5. The normalized spacial score (nSPS) is 18.1. The van der Waals surface area contributed by atoms with Gasteiger partial charge in [0.05, 0.1) is 12.3 Å². The second-order valence-corrected chi connectivity index (χ2v) is 6.27. The van der Waals surface area contributed by atoms with Crippen LogP contribution in [0.15, 0.2) is 10.9 Å². The molecule has 0 spiro atoms. The van der Waals surface area contributed by atoms with E-state index in [1.54, 1.807) is 0 Å². The minimum atomic E-state index is -0.395. The maximum atomic E-state index is 12.0. The van der Waals surface area contributed by atoms with Crippen LogP contribution in [0.25, 0.3) is 0 Å². The van der Waals surface area contributed by atoms with E-state index in [4.69, 9.17) is 0 Å². The van der Waals surface area contributed by atoms with Gasteiger partial charge in [-0.15, -0.1) is 0 Å². The van der Waals surface area contributed by atoms with Crippen molar-refractivity contribution in [1.29, 1.82) is 0 Å². The number of aromatic hydroxyl groups is 1. The lowest BCUT2D eigenvalue weighted by molar-refractivity contribution is 0.242. The molecule has 1 aliphatic heterocycles. The number of likely N-dealkylation sites (tertiary alicyclic amines) is 1. The predicted octanol–water partition coefficient (Wildman–Crippen LogP) is 2.39. The SMILES string of the molecule is CCC(C)n1c(CO)cc(=O)c(O)c1CN1CCCCCC1. The van der Waals surface area contributed by atoms with Crippen molar-refractivity contribution in [3.05, 3.63) is 27.7 Å². The minimum Gasteiger partial charge on any atom is -0.503 e. The number of hydrogen-bond acceptors (Lipinski definition) is 4. The summed E-state index contributed by atoms with van der Waals surface area (Å²) in [4.78, 5) is 14.3. The smallest absolute Gasteiger partial charge is 0.223 e. The van der Waals surface area contributed by atoms with E-state index in [0.717, 1.165) is 32.4 Å². The van der Waals surface area contributed by atoms with E-state index >= 15 is 0 Å².